The van der Waals surface area contributed by atoms with Crippen LogP contribution in [0.5, 0.6) is 0 Å². The Morgan fingerprint density at radius 2 is 1.81 bits per heavy atom. The number of nitrogens with zero attached hydrogens (tertiary/aromatic N) is 5. The molecule has 3 heterocycles. The molecule has 1 aliphatic heterocycles. The lowest BCUT2D eigenvalue weighted by atomic mass is 10.00. The normalized spacial score (nSPS) is 14.7. The Bertz CT molecular complexity index is 1140. The minimum absolute atomic E-state index is 0.111. The molecule has 0 saturated heterocycles. The summed E-state index contributed by atoms with van der Waals surface area (Å²) in [5.74, 6) is 1.29. The van der Waals surface area contributed by atoms with Gasteiger partial charge in [-0.25, -0.2) is 5.01 Å². The number of ether oxygens (including phenoxy) is 1. The number of thiophene rings is 1. The number of β-amino-alcohol motifs (C(OH)–C–C–N with tert-alkyl or cyclic N) is 1. The second-order valence-corrected chi connectivity index (χ2v) is 10.2. The second kappa shape index (κ2) is 8.02. The Kier molecular flexibility index (Phi) is 5.68. The van der Waals surface area contributed by atoms with Crippen LogP contribution in [0.3, 0.4) is 0 Å². The highest BCUT2D eigenvalue weighted by molar-refractivity contribution is 7.15. The molecular weight excluding hydrogens is 434 g/mol. The van der Waals surface area contributed by atoms with E-state index in [1.54, 1.807) is 16.3 Å². The Morgan fingerprint density at radius 1 is 1.13 bits per heavy atom. The maximum absolute atomic E-state index is 10.6. The van der Waals surface area contributed by atoms with Crippen molar-refractivity contribution in [1.29, 1.82) is 0 Å². The molecule has 0 aliphatic carbocycles. The Morgan fingerprint density at radius 3 is 2.45 bits per heavy atom. The van der Waals surface area contributed by atoms with Crippen molar-refractivity contribution in [3.05, 3.63) is 56.7 Å². The van der Waals surface area contributed by atoms with E-state index < -0.39 is 11.9 Å². The van der Waals surface area contributed by atoms with Crippen molar-refractivity contribution in [2.75, 3.05) is 11.6 Å². The molecule has 1 aromatic carbocycles. The molecule has 4 rings (SSSR count). The minimum atomic E-state index is -1.06. The van der Waals surface area contributed by atoms with Crippen LogP contribution in [0.25, 0.3) is 5.00 Å². The van der Waals surface area contributed by atoms with E-state index in [0.29, 0.717) is 11.0 Å². The molecule has 1 N–H and O–H groups in total. The summed E-state index contributed by atoms with van der Waals surface area (Å²) >= 11 is 7.81. The number of aliphatic hydroxyl groups excluding tert-OH is 1. The summed E-state index contributed by atoms with van der Waals surface area (Å²) in [7, 11) is 0. The summed E-state index contributed by atoms with van der Waals surface area (Å²) in [6.45, 7) is 11.9. The lowest BCUT2D eigenvalue weighted by Crippen LogP contribution is -2.37. The number of aromatic nitrogens is 3. The zero-order valence-electron chi connectivity index (χ0n) is 18.5. The Hall–Kier alpha value is -2.26. The summed E-state index contributed by atoms with van der Waals surface area (Å²) in [4.78, 5) is 1.20. The number of fused-ring (bicyclic) bond motifs is 3. The van der Waals surface area contributed by atoms with Crippen molar-refractivity contribution in [3.8, 4) is 5.00 Å². The summed E-state index contributed by atoms with van der Waals surface area (Å²) in [5.41, 5.74) is 3.41. The third-order valence-corrected chi connectivity index (χ3v) is 6.45. The molecule has 0 spiro atoms. The van der Waals surface area contributed by atoms with Gasteiger partial charge in [-0.05, 0) is 59.2 Å². The smallest absolute Gasteiger partial charge is 0.253 e. The summed E-state index contributed by atoms with van der Waals surface area (Å²) in [6, 6.07) is 7.62. The lowest BCUT2D eigenvalue weighted by Gasteiger charge is -2.27. The fourth-order valence-corrected chi connectivity index (χ4v) is 4.87. The fraction of sp³-hybridized carbons (Fsp3) is 0.409. The quantitative estimate of drug-likeness (QED) is 0.576. The van der Waals surface area contributed by atoms with Crippen LogP contribution in [0.2, 0.25) is 5.02 Å². The number of hydrogen-bond acceptors (Lipinski definition) is 7. The van der Waals surface area contributed by atoms with E-state index in [1.807, 2.05) is 56.5 Å². The van der Waals surface area contributed by atoms with Gasteiger partial charge in [-0.15, -0.1) is 21.5 Å². The molecule has 1 unspecified atom stereocenters. The summed E-state index contributed by atoms with van der Waals surface area (Å²) < 4.78 is 7.73. The monoisotopic (exact) mass is 459 g/mol. The first-order chi connectivity index (χ1) is 14.5. The third kappa shape index (κ3) is 4.25. The molecule has 0 bridgehead atoms. The van der Waals surface area contributed by atoms with Gasteiger partial charge >= 0.3 is 0 Å². The van der Waals surface area contributed by atoms with E-state index in [9.17, 15) is 5.11 Å². The van der Waals surface area contributed by atoms with Crippen LogP contribution in [0.4, 0.5) is 5.95 Å². The number of aliphatic hydroxyl groups is 1. The van der Waals surface area contributed by atoms with Crippen LogP contribution in [0, 0.1) is 20.8 Å². The van der Waals surface area contributed by atoms with E-state index in [-0.39, 0.29) is 6.54 Å². The average Bonchev–Trinajstić information content (AvgIpc) is 3.14. The van der Waals surface area contributed by atoms with Crippen LogP contribution in [0.1, 0.15) is 48.2 Å². The Labute approximate surface area is 190 Å². The molecule has 1 aliphatic rings. The predicted octanol–water partition coefficient (Wildman–Crippen LogP) is 4.61. The minimum Gasteiger partial charge on any atom is -0.366 e. The van der Waals surface area contributed by atoms with E-state index in [2.05, 4.69) is 24.0 Å². The first kappa shape index (κ1) is 22.0. The van der Waals surface area contributed by atoms with Crippen LogP contribution in [-0.4, -0.2) is 44.0 Å². The SMILES string of the molecule is Cc1sc2c(c1C)C(c1ccc(Cl)cc1)=NN(CC(O)OC(C)(C)C)c1nnc(C)n1-2. The van der Waals surface area contributed by atoms with Gasteiger partial charge in [-0.3, -0.25) is 4.57 Å². The number of aryl methyl sites for hydroxylation is 2. The highest BCUT2D eigenvalue weighted by Gasteiger charge is 2.31. The summed E-state index contributed by atoms with van der Waals surface area (Å²) in [6.07, 6.45) is -1.06. The van der Waals surface area contributed by atoms with E-state index in [1.165, 1.54) is 4.88 Å². The fourth-order valence-electron chi connectivity index (χ4n) is 3.54. The van der Waals surface area contributed by atoms with Gasteiger partial charge in [0.05, 0.1) is 12.1 Å². The molecule has 3 aromatic rings. The highest BCUT2D eigenvalue weighted by Crippen LogP contribution is 2.38. The molecule has 7 nitrogen and oxygen atoms in total. The van der Waals surface area contributed by atoms with Gasteiger partial charge in [-0.1, -0.05) is 23.7 Å². The zero-order valence-corrected chi connectivity index (χ0v) is 20.0. The van der Waals surface area contributed by atoms with Gasteiger partial charge in [0.1, 0.15) is 16.5 Å². The maximum Gasteiger partial charge on any atom is 0.253 e. The van der Waals surface area contributed by atoms with E-state index >= 15 is 0 Å². The standard InChI is InChI=1S/C22H26ClN5O2S/c1-12-13(2)31-20-18(12)19(15-7-9-16(23)10-8-15)26-27(11-17(29)30-22(4,5)6)21-25-24-14(3)28(20)21/h7-10,17,29H,11H2,1-6H3. The van der Waals surface area contributed by atoms with Crippen molar-refractivity contribution in [2.24, 2.45) is 5.10 Å². The number of hydrazone groups is 1. The van der Waals surface area contributed by atoms with Crippen LogP contribution < -0.4 is 5.01 Å². The van der Waals surface area contributed by atoms with Gasteiger partial charge in [0.25, 0.3) is 5.95 Å². The predicted molar refractivity (Wildman–Crippen MR) is 125 cm³/mol. The molecule has 0 saturated carbocycles. The number of anilines is 1. The van der Waals surface area contributed by atoms with Gasteiger partial charge in [-0.2, -0.15) is 5.10 Å². The van der Waals surface area contributed by atoms with Crippen molar-refractivity contribution >= 4 is 34.6 Å². The number of halogens is 1. The molecular formula is C22H26ClN5O2S. The molecule has 0 radical (unpaired) electrons. The first-order valence-electron chi connectivity index (χ1n) is 10.1. The highest BCUT2D eigenvalue weighted by atomic mass is 35.5. The van der Waals surface area contributed by atoms with Crippen LogP contribution in [0.15, 0.2) is 29.4 Å². The van der Waals surface area contributed by atoms with Gasteiger partial charge in [0.2, 0.25) is 0 Å². The van der Waals surface area contributed by atoms with Crippen molar-refractivity contribution < 1.29 is 9.84 Å². The largest absolute Gasteiger partial charge is 0.366 e. The molecule has 0 fully saturated rings. The van der Waals surface area contributed by atoms with Crippen molar-refractivity contribution in [1.82, 2.24) is 14.8 Å². The molecule has 31 heavy (non-hydrogen) atoms. The maximum atomic E-state index is 10.6. The molecule has 0 amide bonds. The average molecular weight is 460 g/mol. The van der Waals surface area contributed by atoms with Gasteiger partial charge in [0, 0.05) is 21.0 Å². The molecule has 2 aromatic heterocycles. The van der Waals surface area contributed by atoms with E-state index in [0.717, 1.165) is 33.2 Å². The topological polar surface area (TPSA) is 75.8 Å². The zero-order chi connectivity index (χ0) is 22.5. The van der Waals surface area contributed by atoms with Crippen molar-refractivity contribution in [2.45, 2.75) is 53.4 Å². The van der Waals surface area contributed by atoms with Crippen LogP contribution in [-0.2, 0) is 4.74 Å². The lowest BCUT2D eigenvalue weighted by molar-refractivity contribution is -0.159. The van der Waals surface area contributed by atoms with Gasteiger partial charge < -0.3 is 9.84 Å². The second-order valence-electron chi connectivity index (χ2n) is 8.57. The van der Waals surface area contributed by atoms with E-state index in [4.69, 9.17) is 21.4 Å². The Balaban J connectivity index is 1.90. The number of rotatable bonds is 4. The molecule has 164 valence electrons. The van der Waals surface area contributed by atoms with Crippen molar-refractivity contribution in [3.63, 3.8) is 0 Å². The summed E-state index contributed by atoms with van der Waals surface area (Å²) in [5, 5.41) is 27.6. The van der Waals surface area contributed by atoms with Gasteiger partial charge in [0.15, 0.2) is 6.29 Å². The molecule has 9 heteroatoms. The van der Waals surface area contributed by atoms with Crippen LogP contribution >= 0.6 is 22.9 Å². The number of benzene rings is 1. The third-order valence-electron chi connectivity index (χ3n) is 5.00. The first-order valence-corrected chi connectivity index (χ1v) is 11.3. The number of hydrogen-bond donors (Lipinski definition) is 1. The molecule has 1 atom stereocenters.